The second-order valence-electron chi connectivity index (χ2n) is 3.42. The molecule has 1 atom stereocenters. The molecule has 0 heterocycles. The molecule has 17 heavy (non-hydrogen) atoms. The quantitative estimate of drug-likeness (QED) is 0.869. The van der Waals surface area contributed by atoms with Gasteiger partial charge in [0.25, 0.3) is 0 Å². The van der Waals surface area contributed by atoms with Gasteiger partial charge in [-0.3, -0.25) is 0 Å². The lowest BCUT2D eigenvalue weighted by Gasteiger charge is -2.25. The molecule has 0 aliphatic heterocycles. The van der Waals surface area contributed by atoms with E-state index in [0.717, 1.165) is 12.1 Å². The van der Waals surface area contributed by atoms with Gasteiger partial charge < -0.3 is 5.11 Å². The summed E-state index contributed by atoms with van der Waals surface area (Å²) in [5.41, 5.74) is 0.133. The Morgan fingerprint density at radius 1 is 1.35 bits per heavy atom. The molecule has 1 aromatic carbocycles. The summed E-state index contributed by atoms with van der Waals surface area (Å²) in [4.78, 5) is 0. The van der Waals surface area contributed by atoms with Gasteiger partial charge in [0.2, 0.25) is 3.67 Å². The average Bonchev–Trinajstić information content (AvgIpc) is 2.28. The van der Waals surface area contributed by atoms with E-state index in [1.807, 2.05) is 0 Å². The summed E-state index contributed by atoms with van der Waals surface area (Å²) < 4.78 is 33.5. The van der Waals surface area contributed by atoms with Gasteiger partial charge in [0.15, 0.2) is 9.84 Å². The lowest BCUT2D eigenvalue weighted by molar-refractivity contribution is 0.181. The number of hydrogen-bond donors (Lipinski definition) is 1. The van der Waals surface area contributed by atoms with Crippen LogP contribution in [0.5, 0.6) is 0 Å². The molecule has 0 saturated carbocycles. The van der Waals surface area contributed by atoms with Crippen LogP contribution in [0.3, 0.4) is 0 Å². The van der Waals surface area contributed by atoms with Crippen molar-refractivity contribution in [3.63, 3.8) is 0 Å². The fourth-order valence-corrected chi connectivity index (χ4v) is 2.97. The van der Waals surface area contributed by atoms with Gasteiger partial charge in [0.1, 0.15) is 11.9 Å². The highest BCUT2D eigenvalue weighted by molar-refractivity contribution is 7.95. The van der Waals surface area contributed by atoms with Gasteiger partial charge in [-0.1, -0.05) is 42.3 Å². The molecule has 3 nitrogen and oxygen atoms in total. The first-order valence-electron chi connectivity index (χ1n) is 4.76. The molecule has 96 valence electrons. The minimum Gasteiger partial charge on any atom is -0.384 e. The first-order chi connectivity index (χ1) is 7.72. The molecule has 1 rings (SSSR count). The van der Waals surface area contributed by atoms with E-state index in [1.165, 1.54) is 19.1 Å². The number of alkyl halides is 2. The van der Waals surface area contributed by atoms with Crippen molar-refractivity contribution >= 4 is 33.0 Å². The SMILES string of the molecule is CCS(=O)(=O)C(Cl)(Cl)[C@@H](O)c1ccc(F)cc1. The van der Waals surface area contributed by atoms with Crippen molar-refractivity contribution in [2.24, 2.45) is 0 Å². The highest BCUT2D eigenvalue weighted by atomic mass is 35.5. The van der Waals surface area contributed by atoms with Crippen molar-refractivity contribution in [1.29, 1.82) is 0 Å². The Balaban J connectivity index is 3.12. The molecule has 0 fully saturated rings. The van der Waals surface area contributed by atoms with Gasteiger partial charge in [-0.25, -0.2) is 12.8 Å². The van der Waals surface area contributed by atoms with Gasteiger partial charge in [-0.2, -0.15) is 0 Å². The smallest absolute Gasteiger partial charge is 0.247 e. The number of benzene rings is 1. The van der Waals surface area contributed by atoms with Crippen LogP contribution in [0.2, 0.25) is 0 Å². The maximum absolute atomic E-state index is 12.7. The molecule has 0 aliphatic carbocycles. The number of sulfone groups is 1. The summed E-state index contributed by atoms with van der Waals surface area (Å²) in [7, 11) is -3.87. The summed E-state index contributed by atoms with van der Waals surface area (Å²) in [6.45, 7) is 1.37. The number of hydrogen-bond acceptors (Lipinski definition) is 3. The molecule has 0 aromatic heterocycles. The van der Waals surface area contributed by atoms with E-state index in [9.17, 15) is 17.9 Å². The zero-order valence-electron chi connectivity index (χ0n) is 8.90. The van der Waals surface area contributed by atoms with Crippen LogP contribution in [0, 0.1) is 5.82 Å². The van der Waals surface area contributed by atoms with Gasteiger partial charge in [0, 0.05) is 0 Å². The van der Waals surface area contributed by atoms with Crippen LogP contribution in [-0.2, 0) is 9.84 Å². The predicted octanol–water partition coefficient (Wildman–Crippen LogP) is 2.43. The van der Waals surface area contributed by atoms with Crippen LogP contribution < -0.4 is 0 Å². The van der Waals surface area contributed by atoms with Crippen LogP contribution in [-0.4, -0.2) is 22.9 Å². The molecular weight excluding hydrogens is 290 g/mol. The summed E-state index contributed by atoms with van der Waals surface area (Å²) in [5, 5.41) is 9.84. The highest BCUT2D eigenvalue weighted by Gasteiger charge is 2.46. The Morgan fingerprint density at radius 3 is 2.24 bits per heavy atom. The minimum atomic E-state index is -3.87. The van der Waals surface area contributed by atoms with Crippen LogP contribution in [0.25, 0.3) is 0 Å². The Bertz CT molecular complexity index is 485. The van der Waals surface area contributed by atoms with E-state index in [-0.39, 0.29) is 11.3 Å². The van der Waals surface area contributed by atoms with Crippen molar-refractivity contribution in [3.05, 3.63) is 35.6 Å². The average molecular weight is 301 g/mol. The van der Waals surface area contributed by atoms with Crippen LogP contribution in [0.4, 0.5) is 4.39 Å². The van der Waals surface area contributed by atoms with Gasteiger partial charge in [-0.05, 0) is 17.7 Å². The summed E-state index contributed by atoms with van der Waals surface area (Å²) in [5.74, 6) is -0.813. The Labute approximate surface area is 109 Å². The second kappa shape index (κ2) is 5.10. The zero-order chi connectivity index (χ0) is 13.3. The second-order valence-corrected chi connectivity index (χ2v) is 7.70. The number of rotatable bonds is 4. The minimum absolute atomic E-state index is 0.133. The third-order valence-electron chi connectivity index (χ3n) is 2.30. The Morgan fingerprint density at radius 2 is 1.82 bits per heavy atom. The normalized spacial score (nSPS) is 14.6. The molecule has 0 radical (unpaired) electrons. The highest BCUT2D eigenvalue weighted by Crippen LogP contribution is 2.41. The van der Waals surface area contributed by atoms with E-state index in [1.54, 1.807) is 0 Å². The Kier molecular flexibility index (Phi) is 4.41. The molecule has 1 N–H and O–H groups in total. The number of aliphatic hydroxyl groups excluding tert-OH is 1. The number of halogens is 3. The van der Waals surface area contributed by atoms with Crippen LogP contribution in [0.15, 0.2) is 24.3 Å². The molecular formula is C10H11Cl2FO3S. The third kappa shape index (κ3) is 2.91. The zero-order valence-corrected chi connectivity index (χ0v) is 11.2. The molecule has 0 bridgehead atoms. The molecule has 0 aliphatic rings. The van der Waals surface area contributed by atoms with Crippen molar-refractivity contribution in [2.45, 2.75) is 16.7 Å². The van der Waals surface area contributed by atoms with Crippen molar-refractivity contribution in [3.8, 4) is 0 Å². The standard InChI is InChI=1S/C10H11Cl2FO3S/c1-2-17(15,16)10(11,12)9(14)7-3-5-8(13)6-4-7/h3-6,9,14H,2H2,1H3/t9-/m0/s1. The predicted molar refractivity (Wildman–Crippen MR) is 65.3 cm³/mol. The van der Waals surface area contributed by atoms with Crippen LogP contribution >= 0.6 is 23.2 Å². The summed E-state index contributed by atoms with van der Waals surface area (Å²) >= 11 is 11.4. The van der Waals surface area contributed by atoms with E-state index in [4.69, 9.17) is 23.2 Å². The van der Waals surface area contributed by atoms with Crippen molar-refractivity contribution < 1.29 is 17.9 Å². The maximum atomic E-state index is 12.7. The molecule has 0 saturated heterocycles. The molecule has 1 aromatic rings. The summed E-state index contributed by atoms with van der Waals surface area (Å²) in [6.07, 6.45) is -1.64. The van der Waals surface area contributed by atoms with Crippen LogP contribution in [0.1, 0.15) is 18.6 Å². The molecule has 7 heteroatoms. The largest absolute Gasteiger partial charge is 0.384 e. The van der Waals surface area contributed by atoms with E-state index in [0.29, 0.717) is 0 Å². The van der Waals surface area contributed by atoms with Crippen molar-refractivity contribution in [2.75, 3.05) is 5.75 Å². The Hall–Kier alpha value is -0.360. The molecule has 0 spiro atoms. The number of aliphatic hydroxyl groups is 1. The fourth-order valence-electron chi connectivity index (χ4n) is 1.20. The monoisotopic (exact) mass is 300 g/mol. The topological polar surface area (TPSA) is 54.4 Å². The first kappa shape index (κ1) is 14.7. The van der Waals surface area contributed by atoms with Gasteiger partial charge in [0.05, 0.1) is 5.75 Å². The lowest BCUT2D eigenvalue weighted by Crippen LogP contribution is -2.34. The van der Waals surface area contributed by atoms with E-state index < -0.39 is 25.4 Å². The third-order valence-corrected chi connectivity index (χ3v) is 5.94. The maximum Gasteiger partial charge on any atom is 0.247 e. The van der Waals surface area contributed by atoms with E-state index >= 15 is 0 Å². The van der Waals surface area contributed by atoms with Crippen molar-refractivity contribution in [1.82, 2.24) is 0 Å². The summed E-state index contributed by atoms with van der Waals surface area (Å²) in [6, 6.07) is 4.62. The van der Waals surface area contributed by atoms with Gasteiger partial charge in [-0.15, -0.1) is 0 Å². The first-order valence-corrected chi connectivity index (χ1v) is 7.17. The lowest BCUT2D eigenvalue weighted by atomic mass is 10.1. The molecule has 0 amide bonds. The fraction of sp³-hybridized carbons (Fsp3) is 0.400. The van der Waals surface area contributed by atoms with E-state index in [2.05, 4.69) is 0 Å². The van der Waals surface area contributed by atoms with Gasteiger partial charge >= 0.3 is 0 Å². The molecule has 0 unspecified atom stereocenters.